The summed E-state index contributed by atoms with van der Waals surface area (Å²) in [5.74, 6) is 0.843. The maximum absolute atomic E-state index is 12.8. The Morgan fingerprint density at radius 1 is 1.14 bits per heavy atom. The molecule has 3 aromatic rings. The van der Waals surface area contributed by atoms with Crippen LogP contribution >= 0.6 is 11.3 Å². The fourth-order valence-corrected chi connectivity index (χ4v) is 4.98. The molecule has 0 fully saturated rings. The topological polar surface area (TPSA) is 59.2 Å². The van der Waals surface area contributed by atoms with Gasteiger partial charge in [-0.15, -0.1) is 11.3 Å². The molecule has 184 valence electrons. The fourth-order valence-electron chi connectivity index (χ4n) is 3.92. The first kappa shape index (κ1) is 25.0. The number of oxazole rings is 1. The highest BCUT2D eigenvalue weighted by molar-refractivity contribution is 7.15. The zero-order valence-corrected chi connectivity index (χ0v) is 20.6. The van der Waals surface area contributed by atoms with Crippen LogP contribution in [-0.2, 0) is 19.0 Å². The molecular formula is C27H27F3N2O2S. The van der Waals surface area contributed by atoms with Crippen molar-refractivity contribution in [3.8, 4) is 10.6 Å². The van der Waals surface area contributed by atoms with Crippen LogP contribution in [0.2, 0.25) is 0 Å². The van der Waals surface area contributed by atoms with Gasteiger partial charge in [0, 0.05) is 22.3 Å². The molecule has 4 nitrogen and oxygen atoms in total. The summed E-state index contributed by atoms with van der Waals surface area (Å²) in [5, 5.41) is 11.3. The lowest BCUT2D eigenvalue weighted by atomic mass is 9.81. The molecule has 0 amide bonds. The second-order valence-corrected chi connectivity index (χ2v) is 10.5. The van der Waals surface area contributed by atoms with Gasteiger partial charge in [0.15, 0.2) is 11.3 Å². The van der Waals surface area contributed by atoms with E-state index in [9.17, 15) is 18.3 Å². The molecule has 1 aliphatic carbocycles. The number of aromatic nitrogens is 2. The lowest BCUT2D eigenvalue weighted by Gasteiger charge is -2.25. The molecular weight excluding hydrogens is 473 g/mol. The Balaban J connectivity index is 1.48. The number of rotatable bonds is 7. The number of thiazole rings is 1. The molecule has 4 rings (SSSR count). The summed E-state index contributed by atoms with van der Waals surface area (Å²) >= 11 is 1.47. The molecule has 0 radical (unpaired) electrons. The fraction of sp³-hybridized carbons (Fsp3) is 0.333. The molecule has 0 saturated carbocycles. The number of halogens is 3. The van der Waals surface area contributed by atoms with Crippen molar-refractivity contribution in [3.63, 3.8) is 0 Å². The van der Waals surface area contributed by atoms with Gasteiger partial charge in [0.05, 0.1) is 17.0 Å². The Labute approximate surface area is 205 Å². The van der Waals surface area contributed by atoms with Gasteiger partial charge in [0.25, 0.3) is 0 Å². The Kier molecular flexibility index (Phi) is 6.77. The Bertz CT molecular complexity index is 1380. The first-order valence-electron chi connectivity index (χ1n) is 11.3. The predicted octanol–water partition coefficient (Wildman–Crippen LogP) is 6.15. The van der Waals surface area contributed by atoms with Gasteiger partial charge in [-0.3, -0.25) is 0 Å². The highest BCUT2D eigenvalue weighted by Gasteiger charge is 2.30. The molecule has 1 unspecified atom stereocenters. The van der Waals surface area contributed by atoms with E-state index in [1.165, 1.54) is 23.5 Å². The number of nitrogens with zero attached hydrogens (tertiary/aromatic N) is 2. The molecule has 2 aromatic heterocycles. The molecule has 1 aliphatic rings. The van der Waals surface area contributed by atoms with Crippen molar-refractivity contribution in [2.45, 2.75) is 46.2 Å². The number of fused-ring (bicyclic) bond motifs is 1. The average molecular weight is 501 g/mol. The smallest absolute Gasteiger partial charge is 0.416 e. The number of alkyl halides is 3. The molecule has 1 N–H and O–H groups in total. The van der Waals surface area contributed by atoms with Crippen LogP contribution in [0, 0.1) is 18.3 Å². The van der Waals surface area contributed by atoms with Crippen molar-refractivity contribution in [2.75, 3.05) is 0 Å². The number of benzene rings is 1. The van der Waals surface area contributed by atoms with E-state index in [2.05, 4.69) is 22.6 Å². The molecule has 0 saturated heterocycles. The SMILES string of the molecule is C=C(O)C(C)(C)CC1C=CC=c2nc(CCc3sc(-c4ccc(C(F)(F)F)cc4)nc3C)oc2=C1. The van der Waals surface area contributed by atoms with Gasteiger partial charge in [0.2, 0.25) is 0 Å². The lowest BCUT2D eigenvalue weighted by molar-refractivity contribution is -0.137. The third-order valence-corrected chi connectivity index (χ3v) is 7.41. The summed E-state index contributed by atoms with van der Waals surface area (Å²) in [6.07, 6.45) is 5.54. The minimum Gasteiger partial charge on any atom is -0.512 e. The van der Waals surface area contributed by atoms with Crippen LogP contribution in [-0.4, -0.2) is 15.1 Å². The van der Waals surface area contributed by atoms with Crippen LogP contribution in [0.15, 0.2) is 53.2 Å². The van der Waals surface area contributed by atoms with Crippen molar-refractivity contribution >= 4 is 23.5 Å². The molecule has 0 bridgehead atoms. The minimum atomic E-state index is -4.36. The minimum absolute atomic E-state index is 0.0715. The van der Waals surface area contributed by atoms with E-state index in [1.54, 1.807) is 0 Å². The van der Waals surface area contributed by atoms with E-state index < -0.39 is 17.2 Å². The van der Waals surface area contributed by atoms with Gasteiger partial charge in [0.1, 0.15) is 10.4 Å². The van der Waals surface area contributed by atoms with E-state index in [-0.39, 0.29) is 11.7 Å². The van der Waals surface area contributed by atoms with Crippen molar-refractivity contribution in [1.82, 2.24) is 9.97 Å². The molecule has 1 atom stereocenters. The second-order valence-electron chi connectivity index (χ2n) is 9.38. The summed E-state index contributed by atoms with van der Waals surface area (Å²) in [6.45, 7) is 9.49. The van der Waals surface area contributed by atoms with Crippen LogP contribution in [0.4, 0.5) is 13.2 Å². The zero-order valence-electron chi connectivity index (χ0n) is 19.8. The van der Waals surface area contributed by atoms with Crippen LogP contribution in [0.5, 0.6) is 0 Å². The molecule has 2 heterocycles. The van der Waals surface area contributed by atoms with Crippen molar-refractivity contribution in [2.24, 2.45) is 11.3 Å². The molecule has 0 aliphatic heterocycles. The quantitative estimate of drug-likeness (QED) is 0.396. The third kappa shape index (κ3) is 5.75. The summed E-state index contributed by atoms with van der Waals surface area (Å²) in [4.78, 5) is 10.2. The first-order valence-corrected chi connectivity index (χ1v) is 12.1. The summed E-state index contributed by atoms with van der Waals surface area (Å²) in [5.41, 5.74) is 1.13. The molecule has 0 spiro atoms. The van der Waals surface area contributed by atoms with Gasteiger partial charge in [-0.25, -0.2) is 9.97 Å². The van der Waals surface area contributed by atoms with Crippen molar-refractivity contribution in [3.05, 3.63) is 81.5 Å². The number of hydrogen-bond acceptors (Lipinski definition) is 5. The third-order valence-electron chi connectivity index (χ3n) is 6.15. The van der Waals surface area contributed by atoms with Crippen molar-refractivity contribution < 1.29 is 22.7 Å². The Morgan fingerprint density at radius 3 is 2.51 bits per heavy atom. The van der Waals surface area contributed by atoms with Crippen molar-refractivity contribution in [1.29, 1.82) is 0 Å². The van der Waals surface area contributed by atoms with Gasteiger partial charge >= 0.3 is 6.18 Å². The highest BCUT2D eigenvalue weighted by Crippen LogP contribution is 2.34. The van der Waals surface area contributed by atoms with E-state index in [1.807, 2.05) is 39.0 Å². The van der Waals surface area contributed by atoms with E-state index in [0.717, 1.165) is 28.1 Å². The van der Waals surface area contributed by atoms with Crippen LogP contribution in [0.25, 0.3) is 22.7 Å². The van der Waals surface area contributed by atoms with Crippen LogP contribution < -0.4 is 10.8 Å². The number of aliphatic hydroxyl groups is 1. The number of hydrogen-bond donors (Lipinski definition) is 1. The van der Waals surface area contributed by atoms with Gasteiger partial charge in [-0.1, -0.05) is 44.7 Å². The average Bonchev–Trinajstić information content (AvgIpc) is 3.28. The monoisotopic (exact) mass is 500 g/mol. The normalized spacial score (nSPS) is 15.8. The van der Waals surface area contributed by atoms with E-state index >= 15 is 0 Å². The largest absolute Gasteiger partial charge is 0.512 e. The summed E-state index contributed by atoms with van der Waals surface area (Å²) < 4.78 is 44.6. The maximum atomic E-state index is 12.8. The summed E-state index contributed by atoms with van der Waals surface area (Å²) in [7, 11) is 0. The number of aryl methyl sites for hydroxylation is 3. The molecule has 8 heteroatoms. The number of aliphatic hydroxyl groups excluding tert-OH is 1. The highest BCUT2D eigenvalue weighted by atomic mass is 32.1. The van der Waals surface area contributed by atoms with Crippen LogP contribution in [0.1, 0.15) is 42.3 Å². The molecule has 35 heavy (non-hydrogen) atoms. The second kappa shape index (κ2) is 9.49. The predicted molar refractivity (Wildman–Crippen MR) is 132 cm³/mol. The number of allylic oxidation sites excluding steroid dienone is 3. The first-order chi connectivity index (χ1) is 16.4. The zero-order chi connectivity index (χ0) is 25.4. The van der Waals surface area contributed by atoms with E-state index in [4.69, 9.17) is 4.42 Å². The van der Waals surface area contributed by atoms with Gasteiger partial charge in [-0.05, 0) is 50.0 Å². The maximum Gasteiger partial charge on any atom is 0.416 e. The van der Waals surface area contributed by atoms with Gasteiger partial charge < -0.3 is 9.52 Å². The Morgan fingerprint density at radius 2 is 1.86 bits per heavy atom. The van der Waals surface area contributed by atoms with E-state index in [0.29, 0.717) is 41.1 Å². The lowest BCUT2D eigenvalue weighted by Crippen LogP contribution is -2.23. The summed E-state index contributed by atoms with van der Waals surface area (Å²) in [6, 6.07) is 5.08. The molecule has 1 aromatic carbocycles. The van der Waals surface area contributed by atoms with Crippen LogP contribution in [0.3, 0.4) is 0 Å². The standard InChI is InChI=1S/C27H27F3N2O2S/c1-16-23(35-25(31-16)19-8-10-20(11-9-19)27(28,29)30)12-13-24-32-21-7-5-6-18(14-22(21)34-24)15-26(3,4)17(2)33/h5-11,14,18,33H,2,12-13,15H2,1,3-4H3. The van der Waals surface area contributed by atoms with Gasteiger partial charge in [-0.2, -0.15) is 13.2 Å². The Hall–Kier alpha value is -3.13.